The van der Waals surface area contributed by atoms with Crippen molar-refractivity contribution in [2.45, 2.75) is 45.7 Å². The van der Waals surface area contributed by atoms with Crippen LogP contribution >= 0.6 is 0 Å². The zero-order valence-corrected chi connectivity index (χ0v) is 9.81. The van der Waals surface area contributed by atoms with E-state index in [0.717, 1.165) is 5.57 Å². The van der Waals surface area contributed by atoms with E-state index in [2.05, 4.69) is 6.08 Å². The molecule has 3 nitrogen and oxygen atoms in total. The van der Waals surface area contributed by atoms with Gasteiger partial charge in [0.2, 0.25) is 0 Å². The van der Waals surface area contributed by atoms with Crippen molar-refractivity contribution in [1.29, 1.82) is 0 Å². The summed E-state index contributed by atoms with van der Waals surface area (Å²) in [6.07, 6.45) is 2.06. The molecule has 1 rings (SSSR count). The molecule has 1 N–H and O–H groups in total. The van der Waals surface area contributed by atoms with Crippen molar-refractivity contribution in [2.75, 3.05) is 13.2 Å². The minimum atomic E-state index is -0.349. The van der Waals surface area contributed by atoms with Gasteiger partial charge >= 0.3 is 0 Å². The topological polar surface area (TPSA) is 36.7 Å². The quantitative estimate of drug-likeness (QED) is 0.541. The molecule has 0 saturated carbocycles. The fourth-order valence-electron chi connectivity index (χ4n) is 2.07. The average Bonchev–Trinajstić information content (AvgIpc) is 2.23. The Morgan fingerprint density at radius 1 is 1.36 bits per heavy atom. The van der Waals surface area contributed by atoms with Gasteiger partial charge in [-0.25, -0.2) is 0 Å². The van der Waals surface area contributed by atoms with Gasteiger partial charge in [-0.1, -0.05) is 0 Å². The summed E-state index contributed by atoms with van der Waals surface area (Å²) in [5.41, 5.74) is 0.448. The highest BCUT2D eigenvalue weighted by Crippen LogP contribution is 2.24. The van der Waals surface area contributed by atoms with Crippen molar-refractivity contribution in [1.82, 2.24) is 0 Å². The lowest BCUT2D eigenvalue weighted by atomic mass is 9.97. The summed E-state index contributed by atoms with van der Waals surface area (Å²) >= 11 is 0. The van der Waals surface area contributed by atoms with Gasteiger partial charge in [0, 0.05) is 12.2 Å². The SMILES string of the molecule is CCOCC1=CC(C)(C)[NH+]([O-])C1(C)C. The van der Waals surface area contributed by atoms with Crippen LogP contribution in [0.4, 0.5) is 0 Å². The highest BCUT2D eigenvalue weighted by Gasteiger charge is 2.44. The Labute approximate surface area is 86.3 Å². The van der Waals surface area contributed by atoms with E-state index in [1.54, 1.807) is 0 Å². The first-order valence-corrected chi connectivity index (χ1v) is 5.17. The Balaban J connectivity index is 2.83. The van der Waals surface area contributed by atoms with E-state index in [-0.39, 0.29) is 11.1 Å². The molecule has 1 aliphatic rings. The number of ether oxygens (including phenoxy) is 1. The van der Waals surface area contributed by atoms with E-state index < -0.39 is 0 Å². The van der Waals surface area contributed by atoms with Gasteiger partial charge in [0.15, 0.2) is 0 Å². The molecule has 0 saturated heterocycles. The summed E-state index contributed by atoms with van der Waals surface area (Å²) in [5, 5.41) is 12.3. The summed E-state index contributed by atoms with van der Waals surface area (Å²) in [4.78, 5) is 0. The maximum Gasteiger partial charge on any atom is 0.116 e. The molecule has 1 aliphatic heterocycles. The lowest BCUT2D eigenvalue weighted by molar-refractivity contribution is -0.927. The molecule has 0 amide bonds. The molecule has 1 unspecified atom stereocenters. The first kappa shape index (κ1) is 11.7. The zero-order chi connectivity index (χ0) is 11.0. The molecule has 0 fully saturated rings. The van der Waals surface area contributed by atoms with Gasteiger partial charge in [-0.05, 0) is 40.7 Å². The van der Waals surface area contributed by atoms with E-state index in [4.69, 9.17) is 4.74 Å². The maximum absolute atomic E-state index is 12.0. The van der Waals surface area contributed by atoms with Crippen LogP contribution in [0.15, 0.2) is 11.6 Å². The fraction of sp³-hybridized carbons (Fsp3) is 0.818. The maximum atomic E-state index is 12.0. The minimum absolute atomic E-state index is 0.291. The Morgan fingerprint density at radius 2 is 1.93 bits per heavy atom. The van der Waals surface area contributed by atoms with E-state index in [1.165, 1.54) is 0 Å². The van der Waals surface area contributed by atoms with Crippen LogP contribution in [0.5, 0.6) is 0 Å². The second-order valence-electron chi connectivity index (χ2n) is 4.98. The fourth-order valence-corrected chi connectivity index (χ4v) is 2.07. The number of rotatable bonds is 3. The van der Waals surface area contributed by atoms with Crippen LogP contribution < -0.4 is 5.06 Å². The molecule has 0 aromatic rings. The molecular formula is C11H21NO2. The molecule has 0 bridgehead atoms. The van der Waals surface area contributed by atoms with Crippen molar-refractivity contribution in [2.24, 2.45) is 0 Å². The normalized spacial score (nSPS) is 29.0. The Morgan fingerprint density at radius 3 is 2.29 bits per heavy atom. The zero-order valence-electron chi connectivity index (χ0n) is 9.81. The number of nitrogens with one attached hydrogen (secondary N) is 1. The van der Waals surface area contributed by atoms with Crippen LogP contribution in [0.25, 0.3) is 0 Å². The van der Waals surface area contributed by atoms with E-state index >= 15 is 0 Å². The van der Waals surface area contributed by atoms with Crippen molar-refractivity contribution in [3.05, 3.63) is 16.9 Å². The van der Waals surface area contributed by atoms with Gasteiger partial charge in [-0.15, -0.1) is 0 Å². The molecule has 82 valence electrons. The molecule has 3 heteroatoms. The predicted octanol–water partition coefficient (Wildman–Crippen LogP) is 0.903. The van der Waals surface area contributed by atoms with Crippen LogP contribution in [0.2, 0.25) is 0 Å². The van der Waals surface area contributed by atoms with Gasteiger partial charge in [0.1, 0.15) is 11.1 Å². The second-order valence-corrected chi connectivity index (χ2v) is 4.98. The smallest absolute Gasteiger partial charge is 0.116 e. The highest BCUT2D eigenvalue weighted by molar-refractivity contribution is 5.23. The molecule has 1 heterocycles. The van der Waals surface area contributed by atoms with Crippen LogP contribution in [-0.4, -0.2) is 24.3 Å². The molecule has 0 aromatic carbocycles. The third-order valence-electron chi connectivity index (χ3n) is 2.95. The van der Waals surface area contributed by atoms with Crippen molar-refractivity contribution < 1.29 is 9.80 Å². The second kappa shape index (κ2) is 3.65. The molecular weight excluding hydrogens is 178 g/mol. The van der Waals surface area contributed by atoms with Gasteiger partial charge in [0.25, 0.3) is 0 Å². The largest absolute Gasteiger partial charge is 0.633 e. The summed E-state index contributed by atoms with van der Waals surface area (Å²) in [6.45, 7) is 11.1. The summed E-state index contributed by atoms with van der Waals surface area (Å²) < 4.78 is 5.37. The van der Waals surface area contributed by atoms with Crippen molar-refractivity contribution in [3.8, 4) is 0 Å². The Bertz CT molecular complexity index is 244. The third kappa shape index (κ3) is 1.85. The molecule has 1 atom stereocenters. The standard InChI is InChI=1S/C11H21NO2/c1-6-14-8-9-7-10(2,3)12(13)11(9,4)5/h7,12H,6,8H2,1-5H3. The van der Waals surface area contributed by atoms with Crippen LogP contribution in [0, 0.1) is 5.21 Å². The van der Waals surface area contributed by atoms with E-state index in [9.17, 15) is 5.21 Å². The third-order valence-corrected chi connectivity index (χ3v) is 2.95. The van der Waals surface area contributed by atoms with Crippen molar-refractivity contribution in [3.63, 3.8) is 0 Å². The summed E-state index contributed by atoms with van der Waals surface area (Å²) in [6, 6.07) is 0. The van der Waals surface area contributed by atoms with Gasteiger partial charge in [-0.2, -0.15) is 0 Å². The number of quaternary nitrogens is 1. The first-order chi connectivity index (χ1) is 6.32. The first-order valence-electron chi connectivity index (χ1n) is 5.17. The molecule has 0 radical (unpaired) electrons. The number of hydrogen-bond acceptors (Lipinski definition) is 2. The average molecular weight is 199 g/mol. The van der Waals surface area contributed by atoms with Gasteiger partial charge in [-0.3, -0.25) is 0 Å². The van der Waals surface area contributed by atoms with Crippen LogP contribution in [-0.2, 0) is 4.74 Å². The summed E-state index contributed by atoms with van der Waals surface area (Å²) in [5.74, 6) is 0. The number of hydrogen-bond donors (Lipinski definition) is 1. The summed E-state index contributed by atoms with van der Waals surface area (Å²) in [7, 11) is 0. The van der Waals surface area contributed by atoms with Crippen LogP contribution in [0.3, 0.4) is 0 Å². The Kier molecular flexibility index (Phi) is 3.04. The Hall–Kier alpha value is -0.380. The molecule has 0 aliphatic carbocycles. The van der Waals surface area contributed by atoms with Crippen molar-refractivity contribution >= 4 is 0 Å². The molecule has 0 aromatic heterocycles. The van der Waals surface area contributed by atoms with Gasteiger partial charge in [0.05, 0.1) is 6.61 Å². The predicted molar refractivity (Wildman–Crippen MR) is 57.1 cm³/mol. The van der Waals surface area contributed by atoms with E-state index in [1.807, 2.05) is 34.6 Å². The van der Waals surface area contributed by atoms with Gasteiger partial charge < -0.3 is 15.0 Å². The lowest BCUT2D eigenvalue weighted by Crippen LogP contribution is -3.20. The lowest BCUT2D eigenvalue weighted by Gasteiger charge is -2.41. The highest BCUT2D eigenvalue weighted by atomic mass is 16.5. The minimum Gasteiger partial charge on any atom is -0.633 e. The number of hydroxylamine groups is 2. The van der Waals surface area contributed by atoms with E-state index in [0.29, 0.717) is 18.3 Å². The monoisotopic (exact) mass is 199 g/mol. The molecule has 0 spiro atoms. The molecule has 14 heavy (non-hydrogen) atoms. The van der Waals surface area contributed by atoms with Crippen LogP contribution in [0.1, 0.15) is 34.6 Å².